The molecule has 0 spiro atoms. The van der Waals surface area contributed by atoms with E-state index in [2.05, 4.69) is 25.1 Å². The number of H-pyrrole nitrogens is 1. The van der Waals surface area contributed by atoms with Crippen molar-refractivity contribution in [3.63, 3.8) is 0 Å². The van der Waals surface area contributed by atoms with Gasteiger partial charge in [-0.15, -0.1) is 0 Å². The van der Waals surface area contributed by atoms with Gasteiger partial charge in [-0.3, -0.25) is 5.10 Å². The van der Waals surface area contributed by atoms with Gasteiger partial charge >= 0.3 is 6.09 Å². The minimum atomic E-state index is -0.513. The van der Waals surface area contributed by atoms with E-state index in [-0.39, 0.29) is 12.1 Å². The number of nitrogens with zero attached hydrogens (tertiary/aromatic N) is 6. The van der Waals surface area contributed by atoms with Crippen LogP contribution in [0, 0.1) is 0 Å². The van der Waals surface area contributed by atoms with Crippen LogP contribution in [-0.2, 0) is 4.74 Å². The average molecular weight is 486 g/mol. The standard InChI is InChI=1S/C20H24ClN5O3.C3H4N2/c1-13-11-24(19(27)29-20(2,3)4)7-8-26(13)18-23-15-9-14(21)10-16(17(15)28-18)25-6-5-22-12-25;1-2-4-5-3-1/h5-6,9-10,12-13H,7-8,11H2,1-4H3;1-3H,(H,4,5)/t13-;/m0./s1. The molecular weight excluding hydrogens is 458 g/mol. The number of amides is 1. The van der Waals surface area contributed by atoms with Crippen molar-refractivity contribution in [3.8, 4) is 5.69 Å². The first-order chi connectivity index (χ1) is 16.2. The van der Waals surface area contributed by atoms with Crippen LogP contribution in [-0.4, -0.2) is 67.0 Å². The highest BCUT2D eigenvalue weighted by Crippen LogP contribution is 2.32. The molecule has 0 unspecified atom stereocenters. The molecule has 5 rings (SSSR count). The molecule has 180 valence electrons. The number of rotatable bonds is 2. The van der Waals surface area contributed by atoms with Crippen molar-refractivity contribution < 1.29 is 13.9 Å². The molecule has 11 heteroatoms. The van der Waals surface area contributed by atoms with Crippen molar-refractivity contribution in [1.29, 1.82) is 0 Å². The van der Waals surface area contributed by atoms with E-state index < -0.39 is 5.60 Å². The van der Waals surface area contributed by atoms with E-state index in [1.807, 2.05) is 50.6 Å². The Balaban J connectivity index is 0.000000486. The van der Waals surface area contributed by atoms with Crippen LogP contribution in [0.3, 0.4) is 0 Å². The van der Waals surface area contributed by atoms with Crippen LogP contribution >= 0.6 is 11.6 Å². The van der Waals surface area contributed by atoms with Crippen LogP contribution in [0.15, 0.2) is 53.7 Å². The number of fused-ring (bicyclic) bond motifs is 1. The minimum Gasteiger partial charge on any atom is -0.444 e. The number of oxazole rings is 1. The molecule has 1 aromatic carbocycles. The maximum atomic E-state index is 12.4. The second kappa shape index (κ2) is 9.76. The number of aromatic nitrogens is 5. The van der Waals surface area contributed by atoms with Crippen LogP contribution in [0.2, 0.25) is 5.02 Å². The number of carbonyl (C=O) groups excluding carboxylic acids is 1. The van der Waals surface area contributed by atoms with Crippen molar-refractivity contribution in [1.82, 2.24) is 29.6 Å². The van der Waals surface area contributed by atoms with Crippen molar-refractivity contribution >= 4 is 34.8 Å². The first-order valence-electron chi connectivity index (χ1n) is 11.0. The molecule has 1 atom stereocenters. The predicted octanol–water partition coefficient (Wildman–Crippen LogP) is 4.52. The van der Waals surface area contributed by atoms with Gasteiger partial charge in [-0.05, 0) is 45.9 Å². The van der Waals surface area contributed by atoms with E-state index >= 15 is 0 Å². The fraction of sp³-hybridized carbons (Fsp3) is 0.391. The Morgan fingerprint density at radius 1 is 1.26 bits per heavy atom. The zero-order chi connectivity index (χ0) is 24.3. The lowest BCUT2D eigenvalue weighted by molar-refractivity contribution is 0.0216. The Hall–Kier alpha value is -3.53. The number of halogens is 1. The van der Waals surface area contributed by atoms with Gasteiger partial charge in [0.1, 0.15) is 11.1 Å². The largest absolute Gasteiger partial charge is 0.444 e. The van der Waals surface area contributed by atoms with Gasteiger partial charge in [0.25, 0.3) is 6.01 Å². The number of nitrogens with one attached hydrogen (secondary N) is 1. The summed E-state index contributed by atoms with van der Waals surface area (Å²) in [6.45, 7) is 9.30. The number of piperazine rings is 1. The van der Waals surface area contributed by atoms with Gasteiger partial charge in [-0.1, -0.05) is 11.6 Å². The number of anilines is 1. The highest BCUT2D eigenvalue weighted by atomic mass is 35.5. The topological polar surface area (TPSA) is 105 Å². The molecule has 1 amide bonds. The summed E-state index contributed by atoms with van der Waals surface area (Å²) < 4.78 is 13.5. The third-order valence-corrected chi connectivity index (χ3v) is 5.36. The molecule has 1 fully saturated rings. The summed E-state index contributed by atoms with van der Waals surface area (Å²) in [5.41, 5.74) is 1.59. The molecule has 4 heterocycles. The SMILES string of the molecule is C[C@H]1CN(C(=O)OC(C)(C)C)CCN1c1nc2cc(Cl)cc(-n3ccnc3)c2o1.c1cn[nH]c1. The Labute approximate surface area is 202 Å². The summed E-state index contributed by atoms with van der Waals surface area (Å²) in [4.78, 5) is 24.9. The number of hydrogen-bond acceptors (Lipinski definition) is 7. The molecule has 1 aliphatic heterocycles. The van der Waals surface area contributed by atoms with Gasteiger partial charge in [-0.25, -0.2) is 9.78 Å². The Kier molecular flexibility index (Phi) is 6.78. The van der Waals surface area contributed by atoms with Gasteiger partial charge in [0, 0.05) is 55.5 Å². The first-order valence-corrected chi connectivity index (χ1v) is 11.4. The average Bonchev–Trinajstić information content (AvgIpc) is 3.54. The molecule has 0 aliphatic carbocycles. The van der Waals surface area contributed by atoms with Crippen LogP contribution in [0.25, 0.3) is 16.8 Å². The third-order valence-electron chi connectivity index (χ3n) is 5.14. The Morgan fingerprint density at radius 2 is 2.09 bits per heavy atom. The number of benzene rings is 1. The van der Waals surface area contributed by atoms with Gasteiger partial charge in [0.15, 0.2) is 5.58 Å². The number of hydrogen-bond donors (Lipinski definition) is 1. The molecule has 1 saturated heterocycles. The predicted molar refractivity (Wildman–Crippen MR) is 129 cm³/mol. The Morgan fingerprint density at radius 3 is 2.68 bits per heavy atom. The lowest BCUT2D eigenvalue weighted by atomic mass is 10.2. The third kappa shape index (κ3) is 5.51. The molecule has 3 aromatic heterocycles. The highest BCUT2D eigenvalue weighted by molar-refractivity contribution is 6.31. The van der Waals surface area contributed by atoms with E-state index in [9.17, 15) is 4.79 Å². The molecule has 34 heavy (non-hydrogen) atoms. The lowest BCUT2D eigenvalue weighted by Crippen LogP contribution is -2.54. The maximum Gasteiger partial charge on any atom is 0.410 e. The monoisotopic (exact) mass is 485 g/mol. The molecule has 1 aliphatic rings. The zero-order valence-corrected chi connectivity index (χ0v) is 20.4. The number of ether oxygens (including phenoxy) is 1. The summed E-state index contributed by atoms with van der Waals surface area (Å²) in [6.07, 6.45) is 8.38. The fourth-order valence-electron chi connectivity index (χ4n) is 3.64. The van der Waals surface area contributed by atoms with Crippen LogP contribution < -0.4 is 4.90 Å². The van der Waals surface area contributed by atoms with E-state index in [0.717, 1.165) is 5.69 Å². The van der Waals surface area contributed by atoms with Crippen molar-refractivity contribution in [2.45, 2.75) is 39.3 Å². The maximum absolute atomic E-state index is 12.4. The van der Waals surface area contributed by atoms with Crippen LogP contribution in [0.1, 0.15) is 27.7 Å². The summed E-state index contributed by atoms with van der Waals surface area (Å²) in [6, 6.07) is 5.98. The summed E-state index contributed by atoms with van der Waals surface area (Å²) in [5.74, 6) is 0. The zero-order valence-electron chi connectivity index (χ0n) is 19.6. The van der Waals surface area contributed by atoms with Crippen LogP contribution in [0.4, 0.5) is 10.8 Å². The van der Waals surface area contributed by atoms with Crippen molar-refractivity contribution in [2.75, 3.05) is 24.5 Å². The van der Waals surface area contributed by atoms with Gasteiger partial charge in [-0.2, -0.15) is 10.1 Å². The van der Waals surface area contributed by atoms with Gasteiger partial charge in [0.05, 0.1) is 12.0 Å². The lowest BCUT2D eigenvalue weighted by Gasteiger charge is -2.39. The van der Waals surface area contributed by atoms with E-state index in [0.29, 0.717) is 41.8 Å². The minimum absolute atomic E-state index is 0.0245. The van der Waals surface area contributed by atoms with Crippen LogP contribution in [0.5, 0.6) is 0 Å². The molecular formula is C23H28ClN7O3. The van der Waals surface area contributed by atoms with E-state index in [1.165, 1.54) is 0 Å². The molecule has 0 saturated carbocycles. The van der Waals surface area contributed by atoms with Crippen molar-refractivity contribution in [2.24, 2.45) is 0 Å². The molecule has 0 bridgehead atoms. The summed E-state index contributed by atoms with van der Waals surface area (Å²) in [7, 11) is 0. The Bertz CT molecular complexity index is 1200. The number of carbonyl (C=O) groups is 1. The van der Waals surface area contributed by atoms with Gasteiger partial charge in [0.2, 0.25) is 0 Å². The molecule has 10 nitrogen and oxygen atoms in total. The smallest absolute Gasteiger partial charge is 0.410 e. The second-order valence-electron chi connectivity index (χ2n) is 8.97. The second-order valence-corrected chi connectivity index (χ2v) is 9.41. The molecule has 0 radical (unpaired) electrons. The first kappa shape index (κ1) is 23.6. The number of aromatic amines is 1. The van der Waals surface area contributed by atoms with Gasteiger partial charge < -0.3 is 23.5 Å². The van der Waals surface area contributed by atoms with E-state index in [4.69, 9.17) is 20.8 Å². The molecule has 4 aromatic rings. The summed E-state index contributed by atoms with van der Waals surface area (Å²) >= 11 is 6.28. The fourth-order valence-corrected chi connectivity index (χ4v) is 3.84. The molecule has 1 N–H and O–H groups in total. The normalized spacial score (nSPS) is 16.3. The quantitative estimate of drug-likeness (QED) is 0.445. The number of imidazole rings is 1. The highest BCUT2D eigenvalue weighted by Gasteiger charge is 2.32. The summed E-state index contributed by atoms with van der Waals surface area (Å²) in [5, 5.41) is 6.78. The van der Waals surface area contributed by atoms with Crippen molar-refractivity contribution in [3.05, 3.63) is 54.3 Å². The van der Waals surface area contributed by atoms with E-state index in [1.54, 1.807) is 35.9 Å².